The van der Waals surface area contributed by atoms with E-state index in [0.29, 0.717) is 6.42 Å². The molecule has 1 unspecified atom stereocenters. The largest absolute Gasteiger partial charge is 0.481 e. The zero-order valence-corrected chi connectivity index (χ0v) is 14.7. The smallest absolute Gasteiger partial charge is 0.312 e. The highest BCUT2D eigenvalue weighted by molar-refractivity contribution is 9.11. The van der Waals surface area contributed by atoms with Crippen molar-refractivity contribution in [1.82, 2.24) is 4.98 Å². The second-order valence-electron chi connectivity index (χ2n) is 5.20. The van der Waals surface area contributed by atoms with E-state index in [0.717, 1.165) is 38.9 Å². The Morgan fingerprint density at radius 3 is 3.10 bits per heavy atom. The number of nitrogens with zero attached hydrogens (tertiary/aromatic N) is 2. The van der Waals surface area contributed by atoms with Gasteiger partial charge in [-0.2, -0.15) is 0 Å². The highest BCUT2D eigenvalue weighted by Gasteiger charge is 2.30. The van der Waals surface area contributed by atoms with Gasteiger partial charge in [0.25, 0.3) is 0 Å². The number of aryl methyl sites for hydroxylation is 1. The van der Waals surface area contributed by atoms with E-state index in [2.05, 4.69) is 37.3 Å². The van der Waals surface area contributed by atoms with Crippen molar-refractivity contribution in [3.63, 3.8) is 0 Å². The lowest BCUT2D eigenvalue weighted by molar-refractivity contribution is -0.139. The van der Waals surface area contributed by atoms with Crippen molar-refractivity contribution in [1.29, 1.82) is 0 Å². The van der Waals surface area contributed by atoms with Crippen LogP contribution in [0.1, 0.15) is 34.9 Å². The molecule has 0 radical (unpaired) electrons. The van der Waals surface area contributed by atoms with E-state index in [1.807, 2.05) is 7.05 Å². The summed E-state index contributed by atoms with van der Waals surface area (Å²) in [6.45, 7) is 0.784. The third-order valence-corrected chi connectivity index (χ3v) is 6.41. The van der Waals surface area contributed by atoms with Gasteiger partial charge in [0, 0.05) is 18.5 Å². The molecule has 0 aliphatic heterocycles. The summed E-state index contributed by atoms with van der Waals surface area (Å²) in [7, 11) is 2.01. The summed E-state index contributed by atoms with van der Waals surface area (Å²) >= 11 is 6.77. The number of hydrogen-bond donors (Lipinski definition) is 1. The number of thiophene rings is 1. The number of rotatable bonds is 4. The van der Waals surface area contributed by atoms with Crippen molar-refractivity contribution in [2.75, 3.05) is 11.9 Å². The van der Waals surface area contributed by atoms with Crippen molar-refractivity contribution >= 4 is 49.7 Å². The second kappa shape index (κ2) is 6.06. The van der Waals surface area contributed by atoms with Crippen LogP contribution in [0.15, 0.2) is 15.2 Å². The fourth-order valence-corrected chi connectivity index (χ4v) is 4.90. The van der Waals surface area contributed by atoms with Crippen LogP contribution in [-0.4, -0.2) is 23.1 Å². The first-order chi connectivity index (χ1) is 10.0. The molecule has 2 heterocycles. The zero-order valence-electron chi connectivity index (χ0n) is 11.5. The predicted octanol–water partition coefficient (Wildman–Crippen LogP) is 4.11. The summed E-state index contributed by atoms with van der Waals surface area (Å²) in [6.07, 6.45) is 2.59. The number of anilines is 1. The molecule has 1 aliphatic rings. The lowest BCUT2D eigenvalue weighted by atomic mass is 9.91. The quantitative estimate of drug-likeness (QED) is 0.858. The van der Waals surface area contributed by atoms with Gasteiger partial charge in [-0.05, 0) is 52.2 Å². The molecule has 2 aromatic heterocycles. The van der Waals surface area contributed by atoms with Gasteiger partial charge in [0.2, 0.25) is 0 Å². The monoisotopic (exact) mass is 386 g/mol. The molecular weight excluding hydrogens is 372 g/mol. The molecule has 3 rings (SSSR count). The number of aliphatic carboxylic acids is 1. The van der Waals surface area contributed by atoms with E-state index in [-0.39, 0.29) is 0 Å². The second-order valence-corrected chi connectivity index (χ2v) is 8.56. The maximum absolute atomic E-state index is 11.3. The number of carboxylic acids is 1. The molecule has 7 heteroatoms. The van der Waals surface area contributed by atoms with Crippen LogP contribution < -0.4 is 4.90 Å². The topological polar surface area (TPSA) is 53.4 Å². The number of hydrogen-bond acceptors (Lipinski definition) is 5. The van der Waals surface area contributed by atoms with E-state index in [1.165, 1.54) is 5.56 Å². The normalized spacial score (nSPS) is 17.5. The summed E-state index contributed by atoms with van der Waals surface area (Å²) in [6, 6.07) is 2.11. The number of carboxylic acid groups (broad SMARTS) is 1. The Balaban J connectivity index is 1.81. The minimum absolute atomic E-state index is 0.428. The molecular formula is C14H15BrN2O2S2. The molecule has 0 spiro atoms. The van der Waals surface area contributed by atoms with Gasteiger partial charge >= 0.3 is 5.97 Å². The Hall–Kier alpha value is -0.920. The van der Waals surface area contributed by atoms with Gasteiger partial charge in [-0.3, -0.25) is 4.79 Å². The first-order valence-corrected chi connectivity index (χ1v) is 9.20. The van der Waals surface area contributed by atoms with Crippen LogP contribution in [0.5, 0.6) is 0 Å². The lowest BCUT2D eigenvalue weighted by Crippen LogP contribution is -2.18. The molecule has 1 atom stereocenters. The molecule has 2 aromatic rings. The third-order valence-electron chi connectivity index (χ3n) is 3.61. The zero-order chi connectivity index (χ0) is 15.0. The van der Waals surface area contributed by atoms with Crippen molar-refractivity contribution in [2.24, 2.45) is 0 Å². The molecule has 0 saturated carbocycles. The number of fused-ring (bicyclic) bond motifs is 1. The fraction of sp³-hybridized carbons (Fsp3) is 0.429. The van der Waals surface area contributed by atoms with Gasteiger partial charge in [-0.25, -0.2) is 4.98 Å². The summed E-state index contributed by atoms with van der Waals surface area (Å²) in [5.41, 5.74) is 2.02. The number of aromatic nitrogens is 1. The van der Waals surface area contributed by atoms with Crippen LogP contribution in [0.3, 0.4) is 0 Å². The summed E-state index contributed by atoms with van der Waals surface area (Å²) in [4.78, 5) is 19.2. The highest BCUT2D eigenvalue weighted by Crippen LogP contribution is 2.38. The molecule has 0 saturated heterocycles. The van der Waals surface area contributed by atoms with E-state index in [4.69, 9.17) is 0 Å². The minimum atomic E-state index is -0.753. The Bertz CT molecular complexity index is 668. The van der Waals surface area contributed by atoms with Crippen LogP contribution in [0, 0.1) is 0 Å². The molecule has 0 fully saturated rings. The maximum atomic E-state index is 11.3. The van der Waals surface area contributed by atoms with Crippen LogP contribution in [0.2, 0.25) is 0 Å². The average Bonchev–Trinajstić information content (AvgIpc) is 3.04. The highest BCUT2D eigenvalue weighted by atomic mass is 79.9. The Morgan fingerprint density at radius 1 is 1.62 bits per heavy atom. The van der Waals surface area contributed by atoms with Gasteiger partial charge in [0.15, 0.2) is 5.13 Å². The van der Waals surface area contributed by atoms with Crippen molar-refractivity contribution in [2.45, 2.75) is 31.7 Å². The predicted molar refractivity (Wildman–Crippen MR) is 89.6 cm³/mol. The summed E-state index contributed by atoms with van der Waals surface area (Å²) in [5, 5.41) is 12.3. The third kappa shape index (κ3) is 3.14. The Kier molecular flexibility index (Phi) is 4.33. The molecule has 21 heavy (non-hydrogen) atoms. The Morgan fingerprint density at radius 2 is 2.43 bits per heavy atom. The van der Waals surface area contributed by atoms with E-state index < -0.39 is 11.9 Å². The first-order valence-electron chi connectivity index (χ1n) is 6.71. The van der Waals surface area contributed by atoms with Crippen molar-refractivity contribution in [3.05, 3.63) is 31.4 Å². The lowest BCUT2D eigenvalue weighted by Gasteiger charge is -2.16. The summed E-state index contributed by atoms with van der Waals surface area (Å²) < 4.78 is 1.12. The van der Waals surface area contributed by atoms with Crippen LogP contribution in [0.25, 0.3) is 0 Å². The number of thiazole rings is 1. The van der Waals surface area contributed by atoms with Crippen molar-refractivity contribution < 1.29 is 9.90 Å². The van der Waals surface area contributed by atoms with Crippen LogP contribution >= 0.6 is 38.6 Å². The summed E-state index contributed by atoms with van der Waals surface area (Å²) in [5.74, 6) is -1.18. The molecule has 0 aromatic carbocycles. The van der Waals surface area contributed by atoms with Gasteiger partial charge in [-0.15, -0.1) is 22.7 Å². The molecule has 1 N–H and O–H groups in total. The van der Waals surface area contributed by atoms with Crippen molar-refractivity contribution in [3.8, 4) is 0 Å². The van der Waals surface area contributed by atoms with E-state index in [9.17, 15) is 9.90 Å². The molecule has 4 nitrogen and oxygen atoms in total. The average molecular weight is 387 g/mol. The molecule has 0 amide bonds. The van der Waals surface area contributed by atoms with Crippen LogP contribution in [0.4, 0.5) is 5.13 Å². The molecule has 112 valence electrons. The van der Waals surface area contributed by atoms with Gasteiger partial charge in [0.1, 0.15) is 5.92 Å². The minimum Gasteiger partial charge on any atom is -0.481 e. The first kappa shape index (κ1) is 15.0. The SMILES string of the molecule is CN(Cc1csc(Br)c1)c1nc2c(s1)CCCC2C(=O)O. The van der Waals surface area contributed by atoms with E-state index in [1.54, 1.807) is 22.7 Å². The van der Waals surface area contributed by atoms with E-state index >= 15 is 0 Å². The standard InChI is InChI=1S/C14H15BrN2O2S2/c1-17(6-8-5-11(15)20-7-8)14-16-12-9(13(18)19)3-2-4-10(12)21-14/h5,7,9H,2-4,6H2,1H3,(H,18,19). The van der Waals surface area contributed by atoms with Gasteiger partial charge < -0.3 is 10.0 Å². The molecule has 1 aliphatic carbocycles. The van der Waals surface area contributed by atoms with Crippen LogP contribution in [-0.2, 0) is 17.8 Å². The molecule has 0 bridgehead atoms. The number of halogens is 1. The maximum Gasteiger partial charge on any atom is 0.312 e. The fourth-order valence-electron chi connectivity index (χ4n) is 2.58. The van der Waals surface area contributed by atoms with Gasteiger partial charge in [0.05, 0.1) is 9.48 Å². The van der Waals surface area contributed by atoms with Gasteiger partial charge in [-0.1, -0.05) is 0 Å². The Labute approximate surface area is 139 Å². The number of carbonyl (C=O) groups is 1.